The largest absolute Gasteiger partial charge is 0.292 e. The summed E-state index contributed by atoms with van der Waals surface area (Å²) in [4.78, 5) is 16.6. The molecule has 17 heavy (non-hydrogen) atoms. The van der Waals surface area contributed by atoms with E-state index in [2.05, 4.69) is 41.3 Å². The van der Waals surface area contributed by atoms with Gasteiger partial charge in [-0.1, -0.05) is 0 Å². The minimum atomic E-state index is 0.350. The van der Waals surface area contributed by atoms with Gasteiger partial charge in [-0.15, -0.1) is 0 Å². The first-order chi connectivity index (χ1) is 8.19. The molecule has 0 amide bonds. The number of rotatable bonds is 3. The molecule has 0 atom stereocenters. The predicted octanol–water partition coefficient (Wildman–Crippen LogP) is 1.77. The maximum Gasteiger partial charge on any atom is 0.238 e. The van der Waals surface area contributed by atoms with Crippen LogP contribution in [0.4, 0.5) is 5.95 Å². The Hall–Kier alpha value is -1.25. The Kier molecular flexibility index (Phi) is 3.87. The van der Waals surface area contributed by atoms with Crippen molar-refractivity contribution in [2.45, 2.75) is 17.1 Å². The van der Waals surface area contributed by atoms with Crippen LogP contribution in [0, 0.1) is 6.92 Å². The maximum atomic E-state index is 5.26. The van der Waals surface area contributed by atoms with Gasteiger partial charge in [-0.25, -0.2) is 25.8 Å². The lowest BCUT2D eigenvalue weighted by molar-refractivity contribution is 0.922. The molecule has 0 radical (unpaired) electrons. The van der Waals surface area contributed by atoms with Gasteiger partial charge in [0.15, 0.2) is 5.16 Å². The van der Waals surface area contributed by atoms with Crippen LogP contribution in [0.15, 0.2) is 33.1 Å². The van der Waals surface area contributed by atoms with Crippen molar-refractivity contribution in [3.8, 4) is 0 Å². The molecule has 0 bridgehead atoms. The van der Waals surface area contributed by atoms with E-state index in [1.165, 1.54) is 11.8 Å². The number of hydrazine groups is 1. The van der Waals surface area contributed by atoms with Gasteiger partial charge in [0.1, 0.15) is 5.03 Å². The first kappa shape index (κ1) is 12.2. The minimum absolute atomic E-state index is 0.350. The maximum absolute atomic E-state index is 5.26. The van der Waals surface area contributed by atoms with Gasteiger partial charge in [0.25, 0.3) is 0 Å². The first-order valence-electron chi connectivity index (χ1n) is 4.65. The molecule has 3 N–H and O–H groups in total. The van der Waals surface area contributed by atoms with Crippen molar-refractivity contribution in [1.29, 1.82) is 0 Å². The SMILES string of the molecule is Cc1ccnc(Sc2nc(NN)ncc2Br)n1. The lowest BCUT2D eigenvalue weighted by atomic mass is 10.5. The third kappa shape index (κ3) is 3.11. The van der Waals surface area contributed by atoms with Crippen LogP contribution in [0.25, 0.3) is 0 Å². The standard InChI is InChI=1S/C9H9BrN6S/c1-5-2-3-12-9(14-5)17-7-6(10)4-13-8(15-7)16-11/h2-4H,11H2,1H3,(H,13,15,16). The van der Waals surface area contributed by atoms with Gasteiger partial charge >= 0.3 is 0 Å². The molecule has 0 saturated heterocycles. The number of nitrogen functional groups attached to an aromatic ring is 1. The van der Waals surface area contributed by atoms with Gasteiger partial charge < -0.3 is 0 Å². The summed E-state index contributed by atoms with van der Waals surface area (Å²) in [6, 6.07) is 1.84. The molecule has 88 valence electrons. The fourth-order valence-corrected chi connectivity index (χ4v) is 2.25. The summed E-state index contributed by atoms with van der Waals surface area (Å²) in [7, 11) is 0. The fraction of sp³-hybridized carbons (Fsp3) is 0.111. The van der Waals surface area contributed by atoms with Crippen LogP contribution in [0.3, 0.4) is 0 Å². The van der Waals surface area contributed by atoms with Gasteiger partial charge in [0.05, 0.1) is 4.47 Å². The first-order valence-corrected chi connectivity index (χ1v) is 6.26. The van der Waals surface area contributed by atoms with E-state index in [4.69, 9.17) is 5.84 Å². The second-order valence-electron chi connectivity index (χ2n) is 3.07. The monoisotopic (exact) mass is 312 g/mol. The summed E-state index contributed by atoms with van der Waals surface area (Å²) < 4.78 is 0.770. The van der Waals surface area contributed by atoms with E-state index < -0.39 is 0 Å². The molecular formula is C9H9BrN6S. The third-order valence-corrected chi connectivity index (χ3v) is 3.53. The van der Waals surface area contributed by atoms with Crippen LogP contribution in [0.2, 0.25) is 0 Å². The zero-order valence-corrected chi connectivity index (χ0v) is 11.3. The van der Waals surface area contributed by atoms with Crippen molar-refractivity contribution in [3.63, 3.8) is 0 Å². The molecule has 0 aliphatic rings. The zero-order valence-electron chi connectivity index (χ0n) is 8.88. The highest BCUT2D eigenvalue weighted by Gasteiger charge is 2.08. The third-order valence-electron chi connectivity index (χ3n) is 1.80. The quantitative estimate of drug-likeness (QED) is 0.386. The molecule has 2 heterocycles. The Morgan fingerprint density at radius 1 is 1.35 bits per heavy atom. The smallest absolute Gasteiger partial charge is 0.238 e. The van der Waals surface area contributed by atoms with Crippen molar-refractivity contribution in [1.82, 2.24) is 19.9 Å². The Labute approximate surface area is 111 Å². The Morgan fingerprint density at radius 2 is 2.18 bits per heavy atom. The molecular weight excluding hydrogens is 304 g/mol. The molecule has 2 rings (SSSR count). The second kappa shape index (κ2) is 5.39. The number of nitrogens with one attached hydrogen (secondary N) is 1. The summed E-state index contributed by atoms with van der Waals surface area (Å²) in [5, 5.41) is 1.34. The molecule has 2 aromatic heterocycles. The summed E-state index contributed by atoms with van der Waals surface area (Å²) in [6.07, 6.45) is 3.34. The average Bonchev–Trinajstić information content (AvgIpc) is 2.32. The summed E-state index contributed by atoms with van der Waals surface area (Å²) in [5.41, 5.74) is 3.30. The molecule has 0 saturated carbocycles. The number of halogens is 1. The van der Waals surface area contributed by atoms with Crippen LogP contribution in [-0.2, 0) is 0 Å². The van der Waals surface area contributed by atoms with Crippen LogP contribution in [-0.4, -0.2) is 19.9 Å². The van der Waals surface area contributed by atoms with Gasteiger partial charge in [0.2, 0.25) is 5.95 Å². The highest BCUT2D eigenvalue weighted by molar-refractivity contribution is 9.10. The molecule has 0 spiro atoms. The molecule has 8 heteroatoms. The molecule has 6 nitrogen and oxygen atoms in total. The van der Waals surface area contributed by atoms with Gasteiger partial charge in [-0.2, -0.15) is 0 Å². The number of aromatic nitrogens is 4. The highest BCUT2D eigenvalue weighted by Crippen LogP contribution is 2.29. The van der Waals surface area contributed by atoms with Crippen LogP contribution < -0.4 is 11.3 Å². The summed E-state index contributed by atoms with van der Waals surface area (Å²) in [6.45, 7) is 1.91. The molecule has 0 aliphatic heterocycles. The molecule has 2 aromatic rings. The van der Waals surface area contributed by atoms with Crippen molar-refractivity contribution in [2.75, 3.05) is 5.43 Å². The van der Waals surface area contributed by atoms with Gasteiger partial charge in [-0.3, -0.25) is 5.43 Å². The van der Waals surface area contributed by atoms with Crippen LogP contribution in [0.5, 0.6) is 0 Å². The van der Waals surface area contributed by atoms with Crippen molar-refractivity contribution >= 4 is 33.6 Å². The number of anilines is 1. The van der Waals surface area contributed by atoms with E-state index in [0.717, 1.165) is 10.2 Å². The normalized spacial score (nSPS) is 10.3. The predicted molar refractivity (Wildman–Crippen MR) is 68.4 cm³/mol. The molecule has 0 fully saturated rings. The van der Waals surface area contributed by atoms with E-state index in [1.54, 1.807) is 12.4 Å². The number of hydrogen-bond acceptors (Lipinski definition) is 7. The Bertz CT molecular complexity index is 535. The summed E-state index contributed by atoms with van der Waals surface area (Å²) >= 11 is 4.71. The van der Waals surface area contributed by atoms with Gasteiger partial charge in [-0.05, 0) is 40.7 Å². The van der Waals surface area contributed by atoms with Crippen molar-refractivity contribution in [3.05, 3.63) is 28.6 Å². The highest BCUT2D eigenvalue weighted by atomic mass is 79.9. The lowest BCUT2D eigenvalue weighted by Crippen LogP contribution is -2.10. The van der Waals surface area contributed by atoms with Crippen molar-refractivity contribution in [2.24, 2.45) is 5.84 Å². The zero-order chi connectivity index (χ0) is 12.3. The average molecular weight is 313 g/mol. The molecule has 0 unspecified atom stereocenters. The second-order valence-corrected chi connectivity index (χ2v) is 4.88. The van der Waals surface area contributed by atoms with E-state index in [9.17, 15) is 0 Å². The van der Waals surface area contributed by atoms with E-state index in [1.807, 2.05) is 13.0 Å². The molecule has 0 aromatic carbocycles. The number of nitrogens with two attached hydrogens (primary N) is 1. The van der Waals surface area contributed by atoms with E-state index >= 15 is 0 Å². The van der Waals surface area contributed by atoms with Crippen molar-refractivity contribution < 1.29 is 0 Å². The number of nitrogens with zero attached hydrogens (tertiary/aromatic N) is 4. The Balaban J connectivity index is 2.29. The van der Waals surface area contributed by atoms with Gasteiger partial charge in [0, 0.05) is 18.1 Å². The Morgan fingerprint density at radius 3 is 2.88 bits per heavy atom. The topological polar surface area (TPSA) is 89.6 Å². The number of hydrogen-bond donors (Lipinski definition) is 2. The van der Waals surface area contributed by atoms with Crippen LogP contribution in [0.1, 0.15) is 5.69 Å². The summed E-state index contributed by atoms with van der Waals surface area (Å²) in [5.74, 6) is 5.61. The lowest BCUT2D eigenvalue weighted by Gasteiger charge is -2.04. The fourth-order valence-electron chi connectivity index (χ4n) is 1.05. The van der Waals surface area contributed by atoms with Crippen LogP contribution >= 0.6 is 27.7 Å². The molecule has 0 aliphatic carbocycles. The van der Waals surface area contributed by atoms with E-state index in [0.29, 0.717) is 16.1 Å². The van der Waals surface area contributed by atoms with E-state index in [-0.39, 0.29) is 0 Å². The number of aryl methyl sites for hydroxylation is 1. The minimum Gasteiger partial charge on any atom is -0.292 e.